The van der Waals surface area contributed by atoms with Crippen LogP contribution in [0.25, 0.3) is 5.69 Å². The molecule has 2 heterocycles. The second-order valence-corrected chi connectivity index (χ2v) is 4.41. The molecule has 6 heteroatoms. The van der Waals surface area contributed by atoms with Crippen molar-refractivity contribution in [1.29, 1.82) is 0 Å². The number of hydrogen-bond donors (Lipinski definition) is 1. The third kappa shape index (κ3) is 2.89. The van der Waals surface area contributed by atoms with E-state index in [0.717, 1.165) is 0 Å². The molecule has 0 atom stereocenters. The fourth-order valence-electron chi connectivity index (χ4n) is 1.99. The number of hydrogen-bond acceptors (Lipinski definition) is 3. The van der Waals surface area contributed by atoms with Crippen molar-refractivity contribution in [3.8, 4) is 5.69 Å². The molecule has 21 heavy (non-hydrogen) atoms. The summed E-state index contributed by atoms with van der Waals surface area (Å²) in [6.07, 6.45) is 4.81. The zero-order chi connectivity index (χ0) is 14.7. The van der Waals surface area contributed by atoms with Crippen molar-refractivity contribution < 1.29 is 18.7 Å². The minimum atomic E-state index is -0.435. The van der Waals surface area contributed by atoms with E-state index in [1.54, 1.807) is 17.0 Å². The molecule has 0 saturated carbocycles. The largest absolute Gasteiger partial charge is 0.494 e. The van der Waals surface area contributed by atoms with Crippen LogP contribution in [-0.4, -0.2) is 23.7 Å². The third-order valence-corrected chi connectivity index (χ3v) is 2.96. The second kappa shape index (κ2) is 5.70. The van der Waals surface area contributed by atoms with Gasteiger partial charge in [0, 0.05) is 12.4 Å². The Balaban J connectivity index is 1.88. The number of carbonyl (C=O) groups excluding carboxylic acids is 1. The van der Waals surface area contributed by atoms with Crippen LogP contribution in [0.3, 0.4) is 0 Å². The zero-order valence-electron chi connectivity index (χ0n) is 11.1. The van der Waals surface area contributed by atoms with E-state index in [-0.39, 0.29) is 11.6 Å². The van der Waals surface area contributed by atoms with Crippen LogP contribution in [0.4, 0.5) is 10.1 Å². The Morgan fingerprint density at radius 3 is 2.76 bits per heavy atom. The van der Waals surface area contributed by atoms with Crippen molar-refractivity contribution in [3.05, 3.63) is 60.6 Å². The van der Waals surface area contributed by atoms with Crippen LogP contribution in [-0.2, 0) is 14.3 Å². The van der Waals surface area contributed by atoms with Gasteiger partial charge in [0.25, 0.3) is 5.91 Å². The van der Waals surface area contributed by atoms with E-state index < -0.39 is 5.91 Å². The Morgan fingerprint density at radius 1 is 1.24 bits per heavy atom. The van der Waals surface area contributed by atoms with E-state index >= 15 is 0 Å². The maximum Gasteiger partial charge on any atom is 0.294 e. The summed E-state index contributed by atoms with van der Waals surface area (Å²) in [6.45, 7) is 0.745. The average molecular weight is 288 g/mol. The summed E-state index contributed by atoms with van der Waals surface area (Å²) in [5.41, 5.74) is 1.01. The van der Waals surface area contributed by atoms with E-state index in [1.165, 1.54) is 24.5 Å². The lowest BCUT2D eigenvalue weighted by atomic mass is 10.2. The molecule has 2 aromatic rings. The van der Waals surface area contributed by atoms with Gasteiger partial charge in [-0.05, 0) is 30.3 Å². The van der Waals surface area contributed by atoms with Crippen molar-refractivity contribution in [1.82, 2.24) is 4.57 Å². The molecule has 1 amide bonds. The number of benzene rings is 1. The van der Waals surface area contributed by atoms with E-state index in [0.29, 0.717) is 24.6 Å². The van der Waals surface area contributed by atoms with Crippen LogP contribution >= 0.6 is 0 Å². The molecule has 5 nitrogen and oxygen atoms in total. The number of anilines is 1. The van der Waals surface area contributed by atoms with Crippen LogP contribution in [0.5, 0.6) is 0 Å². The SMILES string of the molecule is O=C(Nc1ccc(F)cc1-n1cccc1)C1=COCCO1. The van der Waals surface area contributed by atoms with Crippen molar-refractivity contribution in [2.75, 3.05) is 18.5 Å². The summed E-state index contributed by atoms with van der Waals surface area (Å²) in [5, 5.41) is 2.70. The van der Waals surface area contributed by atoms with Crippen molar-refractivity contribution >= 4 is 11.6 Å². The van der Waals surface area contributed by atoms with E-state index in [4.69, 9.17) is 9.47 Å². The molecule has 1 aromatic heterocycles. The maximum absolute atomic E-state index is 13.4. The first-order valence-electron chi connectivity index (χ1n) is 6.43. The molecule has 0 spiro atoms. The molecule has 0 fully saturated rings. The topological polar surface area (TPSA) is 52.5 Å². The number of nitrogens with zero attached hydrogens (tertiary/aromatic N) is 1. The lowest BCUT2D eigenvalue weighted by Crippen LogP contribution is -2.21. The highest BCUT2D eigenvalue weighted by Crippen LogP contribution is 2.22. The van der Waals surface area contributed by atoms with Gasteiger partial charge in [0.05, 0.1) is 11.4 Å². The van der Waals surface area contributed by atoms with Crippen LogP contribution in [0.15, 0.2) is 54.7 Å². The molecular weight excluding hydrogens is 275 g/mol. The average Bonchev–Trinajstić information content (AvgIpc) is 3.04. The summed E-state index contributed by atoms with van der Waals surface area (Å²) in [5.74, 6) is -0.716. The minimum absolute atomic E-state index is 0.101. The van der Waals surface area contributed by atoms with Crippen LogP contribution in [0, 0.1) is 5.82 Å². The first-order chi connectivity index (χ1) is 10.2. The van der Waals surface area contributed by atoms with E-state index in [2.05, 4.69) is 5.32 Å². The number of ether oxygens (including phenoxy) is 2. The Morgan fingerprint density at radius 2 is 2.05 bits per heavy atom. The fraction of sp³-hybridized carbons (Fsp3) is 0.133. The van der Waals surface area contributed by atoms with Gasteiger partial charge in [-0.3, -0.25) is 4.79 Å². The molecule has 1 aromatic carbocycles. The number of aromatic nitrogens is 1. The van der Waals surface area contributed by atoms with Crippen LogP contribution < -0.4 is 5.32 Å². The lowest BCUT2D eigenvalue weighted by Gasteiger charge is -2.16. The highest BCUT2D eigenvalue weighted by atomic mass is 19.1. The quantitative estimate of drug-likeness (QED) is 0.943. The molecular formula is C15H13FN2O3. The van der Waals surface area contributed by atoms with Gasteiger partial charge in [-0.2, -0.15) is 0 Å². The summed E-state index contributed by atoms with van der Waals surface area (Å²) in [7, 11) is 0. The summed E-state index contributed by atoms with van der Waals surface area (Å²) in [4.78, 5) is 12.1. The minimum Gasteiger partial charge on any atom is -0.494 e. The molecule has 1 N–H and O–H groups in total. The fourth-order valence-corrected chi connectivity index (χ4v) is 1.99. The molecule has 0 aliphatic carbocycles. The van der Waals surface area contributed by atoms with Gasteiger partial charge >= 0.3 is 0 Å². The number of rotatable bonds is 3. The van der Waals surface area contributed by atoms with Gasteiger partial charge < -0.3 is 19.4 Å². The van der Waals surface area contributed by atoms with Gasteiger partial charge in [-0.1, -0.05) is 0 Å². The Kier molecular flexibility index (Phi) is 3.59. The first-order valence-corrected chi connectivity index (χ1v) is 6.43. The smallest absolute Gasteiger partial charge is 0.294 e. The molecule has 1 aliphatic rings. The Hall–Kier alpha value is -2.76. The number of nitrogens with one attached hydrogen (secondary N) is 1. The predicted octanol–water partition coefficient (Wildman–Crippen LogP) is 2.44. The van der Waals surface area contributed by atoms with E-state index in [9.17, 15) is 9.18 Å². The molecule has 0 unspecified atom stereocenters. The van der Waals surface area contributed by atoms with Gasteiger partial charge in [-0.15, -0.1) is 0 Å². The van der Waals surface area contributed by atoms with Gasteiger partial charge in [0.15, 0.2) is 0 Å². The molecule has 108 valence electrons. The monoisotopic (exact) mass is 288 g/mol. The summed E-state index contributed by atoms with van der Waals surface area (Å²) < 4.78 is 25.4. The predicted molar refractivity (Wildman–Crippen MR) is 74.3 cm³/mol. The molecule has 0 saturated heterocycles. The maximum atomic E-state index is 13.4. The number of halogens is 1. The molecule has 0 radical (unpaired) electrons. The van der Waals surface area contributed by atoms with Gasteiger partial charge in [0.2, 0.25) is 5.76 Å². The van der Waals surface area contributed by atoms with Crippen LogP contribution in [0.2, 0.25) is 0 Å². The van der Waals surface area contributed by atoms with Crippen molar-refractivity contribution in [3.63, 3.8) is 0 Å². The number of carbonyl (C=O) groups is 1. The third-order valence-electron chi connectivity index (χ3n) is 2.96. The highest BCUT2D eigenvalue weighted by Gasteiger charge is 2.17. The zero-order valence-corrected chi connectivity index (χ0v) is 11.1. The Labute approximate surface area is 120 Å². The normalized spacial score (nSPS) is 13.9. The molecule has 0 bridgehead atoms. The van der Waals surface area contributed by atoms with Crippen molar-refractivity contribution in [2.45, 2.75) is 0 Å². The summed E-state index contributed by atoms with van der Waals surface area (Å²) >= 11 is 0. The molecule has 3 rings (SSSR count). The number of amides is 1. The first kappa shape index (κ1) is 13.2. The molecule has 1 aliphatic heterocycles. The van der Waals surface area contributed by atoms with Crippen LogP contribution in [0.1, 0.15) is 0 Å². The standard InChI is InChI=1S/C15H13FN2O3/c16-11-3-4-12(13(9-11)18-5-1-2-6-18)17-15(19)14-10-20-7-8-21-14/h1-6,9-10H,7-8H2,(H,17,19). The van der Waals surface area contributed by atoms with Gasteiger partial charge in [-0.25, -0.2) is 4.39 Å². The second-order valence-electron chi connectivity index (χ2n) is 4.41. The van der Waals surface area contributed by atoms with Crippen molar-refractivity contribution in [2.24, 2.45) is 0 Å². The van der Waals surface area contributed by atoms with E-state index in [1.807, 2.05) is 12.1 Å². The highest BCUT2D eigenvalue weighted by molar-refractivity contribution is 6.03. The Bertz CT molecular complexity index is 680. The summed E-state index contributed by atoms with van der Waals surface area (Å²) in [6, 6.07) is 7.78. The van der Waals surface area contributed by atoms with Gasteiger partial charge in [0.1, 0.15) is 25.3 Å². The lowest BCUT2D eigenvalue weighted by molar-refractivity contribution is -0.117.